The van der Waals surface area contributed by atoms with Crippen LogP contribution in [0.3, 0.4) is 0 Å². The normalized spacial score (nSPS) is 19.4. The van der Waals surface area contributed by atoms with E-state index < -0.39 is 0 Å². The fraction of sp³-hybridized carbons (Fsp3) is 0.625. The minimum atomic E-state index is 0.0531. The molecule has 2 aliphatic heterocycles. The zero-order valence-electron chi connectivity index (χ0n) is 13.0. The molecule has 0 saturated carbocycles. The van der Waals surface area contributed by atoms with Crippen LogP contribution in [0.5, 0.6) is 0 Å². The smallest absolute Gasteiger partial charge is 0.272 e. The molecule has 2 aliphatic rings. The third kappa shape index (κ3) is 3.96. The Morgan fingerprint density at radius 2 is 1.95 bits per heavy atom. The van der Waals surface area contributed by atoms with E-state index in [9.17, 15) is 4.79 Å². The summed E-state index contributed by atoms with van der Waals surface area (Å²) in [5, 5.41) is 3.36. The Kier molecular flexibility index (Phi) is 5.24. The number of ether oxygens (including phenoxy) is 1. The highest BCUT2D eigenvalue weighted by Gasteiger charge is 2.20. The Morgan fingerprint density at radius 1 is 1.18 bits per heavy atom. The highest BCUT2D eigenvalue weighted by Crippen LogP contribution is 2.13. The third-order valence-corrected chi connectivity index (χ3v) is 4.24. The predicted octanol–water partition coefficient (Wildman–Crippen LogP) is 1.06. The van der Waals surface area contributed by atoms with Crippen LogP contribution in [-0.4, -0.2) is 73.2 Å². The van der Waals surface area contributed by atoms with Crippen LogP contribution in [0.2, 0.25) is 0 Å². The Bertz CT molecular complexity index is 479. The molecule has 0 bridgehead atoms. The van der Waals surface area contributed by atoms with Crippen LogP contribution in [0.1, 0.15) is 23.3 Å². The lowest BCUT2D eigenvalue weighted by Gasteiger charge is -2.26. The van der Waals surface area contributed by atoms with Crippen LogP contribution in [0.15, 0.2) is 18.3 Å². The molecule has 3 rings (SSSR count). The van der Waals surface area contributed by atoms with E-state index in [-0.39, 0.29) is 5.91 Å². The molecule has 0 unspecified atom stereocenters. The molecule has 120 valence electrons. The number of morpholine rings is 1. The summed E-state index contributed by atoms with van der Waals surface area (Å²) in [7, 11) is 0. The fourth-order valence-electron chi connectivity index (χ4n) is 2.89. The van der Waals surface area contributed by atoms with Crippen LogP contribution in [-0.2, 0) is 4.74 Å². The average molecular weight is 304 g/mol. The molecule has 0 aliphatic carbocycles. The van der Waals surface area contributed by atoms with Gasteiger partial charge in [-0.25, -0.2) is 4.98 Å². The molecule has 22 heavy (non-hydrogen) atoms. The Balaban J connectivity index is 1.45. The first-order chi connectivity index (χ1) is 10.8. The largest absolute Gasteiger partial charge is 0.383 e. The van der Waals surface area contributed by atoms with Gasteiger partial charge in [0.2, 0.25) is 0 Å². The first-order valence-corrected chi connectivity index (χ1v) is 8.12. The maximum atomic E-state index is 12.2. The summed E-state index contributed by atoms with van der Waals surface area (Å²) in [5.74, 6) is 0.0531. The molecule has 0 aromatic carbocycles. The Labute approximate surface area is 131 Å². The molecular formula is C16H24N4O2. The van der Waals surface area contributed by atoms with E-state index in [0.29, 0.717) is 5.69 Å². The molecular weight excluding hydrogens is 280 g/mol. The predicted molar refractivity (Wildman–Crippen MR) is 85.1 cm³/mol. The number of pyridine rings is 1. The maximum absolute atomic E-state index is 12.2. The van der Waals surface area contributed by atoms with Crippen molar-refractivity contribution in [3.05, 3.63) is 24.0 Å². The molecule has 0 radical (unpaired) electrons. The van der Waals surface area contributed by atoms with Gasteiger partial charge in [0, 0.05) is 39.3 Å². The van der Waals surface area contributed by atoms with Crippen LogP contribution >= 0.6 is 0 Å². The maximum Gasteiger partial charge on any atom is 0.272 e. The van der Waals surface area contributed by atoms with Gasteiger partial charge in [-0.05, 0) is 25.0 Å². The van der Waals surface area contributed by atoms with Crippen molar-refractivity contribution in [2.45, 2.75) is 12.8 Å². The zero-order chi connectivity index (χ0) is 15.2. The topological polar surface area (TPSA) is 57.7 Å². The van der Waals surface area contributed by atoms with Gasteiger partial charge in [0.05, 0.1) is 25.1 Å². The van der Waals surface area contributed by atoms with E-state index in [1.165, 1.54) is 0 Å². The van der Waals surface area contributed by atoms with Gasteiger partial charge in [-0.2, -0.15) is 0 Å². The van der Waals surface area contributed by atoms with Gasteiger partial charge in [0.25, 0.3) is 5.91 Å². The second-order valence-electron chi connectivity index (χ2n) is 5.81. The van der Waals surface area contributed by atoms with Crippen LogP contribution in [0.25, 0.3) is 0 Å². The number of carbonyl (C=O) groups is 1. The second kappa shape index (κ2) is 7.56. The number of amides is 1. The lowest BCUT2D eigenvalue weighted by Crippen LogP contribution is -2.39. The summed E-state index contributed by atoms with van der Waals surface area (Å²) in [6, 6.07) is 3.76. The van der Waals surface area contributed by atoms with Crippen molar-refractivity contribution in [1.82, 2.24) is 14.8 Å². The molecule has 0 spiro atoms. The molecule has 0 atom stereocenters. The van der Waals surface area contributed by atoms with Gasteiger partial charge in [0.15, 0.2) is 0 Å². The van der Waals surface area contributed by atoms with Crippen LogP contribution in [0.4, 0.5) is 5.69 Å². The first-order valence-electron chi connectivity index (χ1n) is 8.12. The van der Waals surface area contributed by atoms with E-state index >= 15 is 0 Å². The summed E-state index contributed by atoms with van der Waals surface area (Å²) in [5.41, 5.74) is 1.51. The molecule has 6 nitrogen and oxygen atoms in total. The monoisotopic (exact) mass is 304 g/mol. The molecule has 2 saturated heterocycles. The molecule has 3 heterocycles. The summed E-state index contributed by atoms with van der Waals surface area (Å²) >= 11 is 0. The standard InChI is InChI=1S/C16H24N4O2/c21-16(20-6-1-2-7-20)15-4-3-14(13-18-15)17-5-8-19-9-11-22-12-10-19/h3-4,13,17H,1-2,5-12H2. The zero-order valence-corrected chi connectivity index (χ0v) is 13.0. The number of rotatable bonds is 5. The summed E-state index contributed by atoms with van der Waals surface area (Å²) in [6.45, 7) is 7.26. The quantitative estimate of drug-likeness (QED) is 0.881. The number of likely N-dealkylation sites (tertiary alicyclic amines) is 1. The van der Waals surface area contributed by atoms with E-state index in [4.69, 9.17) is 4.74 Å². The minimum Gasteiger partial charge on any atom is -0.383 e. The van der Waals surface area contributed by atoms with Crippen molar-refractivity contribution >= 4 is 11.6 Å². The molecule has 1 aromatic rings. The number of anilines is 1. The Morgan fingerprint density at radius 3 is 2.64 bits per heavy atom. The van der Waals surface area contributed by atoms with E-state index in [2.05, 4.69) is 15.2 Å². The summed E-state index contributed by atoms with van der Waals surface area (Å²) < 4.78 is 5.33. The second-order valence-corrected chi connectivity index (χ2v) is 5.81. The van der Waals surface area contributed by atoms with Crippen molar-refractivity contribution in [3.63, 3.8) is 0 Å². The van der Waals surface area contributed by atoms with Gasteiger partial charge >= 0.3 is 0 Å². The summed E-state index contributed by atoms with van der Waals surface area (Å²) in [6.07, 6.45) is 3.96. The highest BCUT2D eigenvalue weighted by atomic mass is 16.5. The van der Waals surface area contributed by atoms with Crippen molar-refractivity contribution < 1.29 is 9.53 Å². The lowest BCUT2D eigenvalue weighted by atomic mass is 10.3. The van der Waals surface area contributed by atoms with Gasteiger partial charge in [0.1, 0.15) is 5.69 Å². The Hall–Kier alpha value is -1.66. The van der Waals surface area contributed by atoms with Crippen LogP contribution < -0.4 is 5.32 Å². The number of aromatic nitrogens is 1. The van der Waals surface area contributed by atoms with E-state index in [0.717, 1.165) is 71.0 Å². The number of carbonyl (C=O) groups excluding carboxylic acids is 1. The van der Waals surface area contributed by atoms with Crippen molar-refractivity contribution in [2.24, 2.45) is 0 Å². The summed E-state index contributed by atoms with van der Waals surface area (Å²) in [4.78, 5) is 20.8. The molecule has 2 fully saturated rings. The van der Waals surface area contributed by atoms with Gasteiger partial charge < -0.3 is 15.0 Å². The lowest BCUT2D eigenvalue weighted by molar-refractivity contribution is 0.0398. The van der Waals surface area contributed by atoms with Crippen molar-refractivity contribution in [1.29, 1.82) is 0 Å². The van der Waals surface area contributed by atoms with E-state index in [1.54, 1.807) is 6.20 Å². The number of nitrogens with one attached hydrogen (secondary N) is 1. The fourth-order valence-corrected chi connectivity index (χ4v) is 2.89. The van der Waals surface area contributed by atoms with Gasteiger partial charge in [-0.1, -0.05) is 0 Å². The number of hydrogen-bond acceptors (Lipinski definition) is 5. The minimum absolute atomic E-state index is 0.0531. The van der Waals surface area contributed by atoms with Crippen molar-refractivity contribution in [3.8, 4) is 0 Å². The van der Waals surface area contributed by atoms with Crippen molar-refractivity contribution in [2.75, 3.05) is 57.8 Å². The molecule has 6 heteroatoms. The number of nitrogens with zero attached hydrogens (tertiary/aromatic N) is 3. The van der Waals surface area contributed by atoms with Crippen LogP contribution in [0, 0.1) is 0 Å². The molecule has 1 aromatic heterocycles. The van der Waals surface area contributed by atoms with E-state index in [1.807, 2.05) is 17.0 Å². The van der Waals surface area contributed by atoms with Gasteiger partial charge in [-0.15, -0.1) is 0 Å². The highest BCUT2D eigenvalue weighted by molar-refractivity contribution is 5.92. The average Bonchev–Trinajstić information content (AvgIpc) is 3.10. The number of hydrogen-bond donors (Lipinski definition) is 1. The van der Waals surface area contributed by atoms with Gasteiger partial charge in [-0.3, -0.25) is 9.69 Å². The first kappa shape index (κ1) is 15.2. The SMILES string of the molecule is O=C(c1ccc(NCCN2CCOCC2)cn1)N1CCCC1. The molecule has 1 N–H and O–H groups in total. The molecule has 1 amide bonds. The third-order valence-electron chi connectivity index (χ3n) is 4.24.